The van der Waals surface area contributed by atoms with E-state index in [1.165, 1.54) is 11.8 Å². The van der Waals surface area contributed by atoms with Gasteiger partial charge in [0.1, 0.15) is 6.54 Å². The number of ether oxygens (including phenoxy) is 1. The lowest BCUT2D eigenvalue weighted by Gasteiger charge is -2.33. The third-order valence-corrected chi connectivity index (χ3v) is 4.50. The predicted octanol–water partition coefficient (Wildman–Crippen LogP) is 2.39. The molecule has 28 heavy (non-hydrogen) atoms. The quantitative estimate of drug-likeness (QED) is 0.863. The third-order valence-electron chi connectivity index (χ3n) is 4.50. The average molecular weight is 378 g/mol. The van der Waals surface area contributed by atoms with E-state index in [1.54, 1.807) is 24.3 Å². The Bertz CT molecular complexity index is 883. The predicted molar refractivity (Wildman–Crippen MR) is 107 cm³/mol. The van der Waals surface area contributed by atoms with Crippen LogP contribution in [0, 0.1) is 11.3 Å². The van der Waals surface area contributed by atoms with Gasteiger partial charge in [-0.05, 0) is 36.4 Å². The average Bonchev–Trinajstić information content (AvgIpc) is 2.73. The van der Waals surface area contributed by atoms with E-state index in [-0.39, 0.29) is 18.4 Å². The zero-order valence-corrected chi connectivity index (χ0v) is 15.7. The minimum absolute atomic E-state index is 0.101. The highest BCUT2D eigenvalue weighted by atomic mass is 16.5. The fourth-order valence-corrected chi connectivity index (χ4v) is 3.10. The number of carbonyl (C=O) groups excluding carboxylic acids is 2. The Morgan fingerprint density at radius 1 is 1.14 bits per heavy atom. The molecule has 2 aromatic carbocycles. The zero-order chi connectivity index (χ0) is 19.9. The van der Waals surface area contributed by atoms with Crippen LogP contribution in [0.25, 0.3) is 0 Å². The van der Waals surface area contributed by atoms with Crippen LogP contribution < -0.4 is 15.1 Å². The molecule has 2 amide bonds. The number of morpholine rings is 1. The summed E-state index contributed by atoms with van der Waals surface area (Å²) in [6, 6.07) is 16.2. The highest BCUT2D eigenvalue weighted by Crippen LogP contribution is 2.30. The molecule has 0 atom stereocenters. The lowest BCUT2D eigenvalue weighted by atomic mass is 10.2. The summed E-state index contributed by atoms with van der Waals surface area (Å²) in [6.07, 6.45) is 0. The molecule has 1 N–H and O–H groups in total. The van der Waals surface area contributed by atoms with Gasteiger partial charge in [-0.3, -0.25) is 9.59 Å². The van der Waals surface area contributed by atoms with Crippen molar-refractivity contribution in [3.05, 3.63) is 54.1 Å². The molecule has 1 saturated heterocycles. The van der Waals surface area contributed by atoms with Crippen molar-refractivity contribution in [2.24, 2.45) is 0 Å². The summed E-state index contributed by atoms with van der Waals surface area (Å²) in [7, 11) is 0. The number of hydrogen-bond donors (Lipinski definition) is 1. The van der Waals surface area contributed by atoms with E-state index in [9.17, 15) is 9.59 Å². The van der Waals surface area contributed by atoms with E-state index in [2.05, 4.69) is 10.2 Å². The molecular weight excluding hydrogens is 356 g/mol. The van der Waals surface area contributed by atoms with Crippen LogP contribution in [0.1, 0.15) is 12.5 Å². The molecule has 0 radical (unpaired) electrons. The number of para-hydroxylation sites is 2. The fourth-order valence-electron chi connectivity index (χ4n) is 3.10. The number of anilines is 3. The maximum Gasteiger partial charge on any atom is 0.244 e. The summed E-state index contributed by atoms with van der Waals surface area (Å²) in [6.45, 7) is 4.09. The molecule has 0 aliphatic carbocycles. The first-order chi connectivity index (χ1) is 13.6. The first-order valence-electron chi connectivity index (χ1n) is 9.08. The van der Waals surface area contributed by atoms with E-state index in [0.717, 1.165) is 18.8 Å². The summed E-state index contributed by atoms with van der Waals surface area (Å²) in [5.74, 6) is -0.521. The van der Waals surface area contributed by atoms with Crippen molar-refractivity contribution in [2.75, 3.05) is 48.0 Å². The molecule has 7 heteroatoms. The van der Waals surface area contributed by atoms with Crippen molar-refractivity contribution in [1.82, 2.24) is 0 Å². The van der Waals surface area contributed by atoms with Crippen LogP contribution in [0.5, 0.6) is 0 Å². The van der Waals surface area contributed by atoms with Crippen molar-refractivity contribution in [3.8, 4) is 6.07 Å². The molecular formula is C21H22N4O3. The van der Waals surface area contributed by atoms with Crippen molar-refractivity contribution in [1.29, 1.82) is 5.26 Å². The Labute approximate surface area is 164 Å². The second-order valence-electron chi connectivity index (χ2n) is 6.43. The fraction of sp³-hybridized carbons (Fsp3) is 0.286. The molecule has 3 rings (SSSR count). The zero-order valence-electron chi connectivity index (χ0n) is 15.7. The van der Waals surface area contributed by atoms with Gasteiger partial charge in [0.25, 0.3) is 0 Å². The Balaban J connectivity index is 1.77. The lowest BCUT2D eigenvalue weighted by molar-refractivity contribution is -0.120. The molecule has 0 aromatic heterocycles. The second-order valence-corrected chi connectivity index (χ2v) is 6.43. The van der Waals surface area contributed by atoms with Crippen LogP contribution in [0.3, 0.4) is 0 Å². The van der Waals surface area contributed by atoms with Gasteiger partial charge in [-0.1, -0.05) is 12.1 Å². The van der Waals surface area contributed by atoms with E-state index in [1.807, 2.05) is 30.3 Å². The van der Waals surface area contributed by atoms with E-state index < -0.39 is 0 Å². The molecule has 7 nitrogen and oxygen atoms in total. The number of nitrogens with one attached hydrogen (secondary N) is 1. The van der Waals surface area contributed by atoms with Gasteiger partial charge in [-0.15, -0.1) is 0 Å². The van der Waals surface area contributed by atoms with Gasteiger partial charge in [0.05, 0.1) is 36.2 Å². The lowest BCUT2D eigenvalue weighted by Crippen LogP contribution is -2.40. The van der Waals surface area contributed by atoms with Gasteiger partial charge in [-0.2, -0.15) is 5.26 Å². The Morgan fingerprint density at radius 2 is 1.82 bits per heavy atom. The molecule has 0 saturated carbocycles. The first kappa shape index (κ1) is 19.4. The molecule has 0 spiro atoms. The van der Waals surface area contributed by atoms with Crippen molar-refractivity contribution < 1.29 is 14.3 Å². The topological polar surface area (TPSA) is 85.7 Å². The van der Waals surface area contributed by atoms with Crippen LogP contribution in [0.4, 0.5) is 17.1 Å². The Hall–Kier alpha value is -3.37. The normalized spacial score (nSPS) is 13.5. The van der Waals surface area contributed by atoms with E-state index >= 15 is 0 Å². The minimum atomic E-state index is -0.309. The molecule has 1 fully saturated rings. The monoisotopic (exact) mass is 378 g/mol. The Kier molecular flexibility index (Phi) is 6.25. The highest BCUT2D eigenvalue weighted by molar-refractivity contribution is 6.03. The summed E-state index contributed by atoms with van der Waals surface area (Å²) in [5, 5.41) is 11.6. The first-order valence-corrected chi connectivity index (χ1v) is 9.08. The number of carbonyl (C=O) groups is 2. The smallest absolute Gasteiger partial charge is 0.244 e. The Morgan fingerprint density at radius 3 is 2.46 bits per heavy atom. The number of nitrogens with zero attached hydrogens (tertiary/aromatic N) is 3. The highest BCUT2D eigenvalue weighted by Gasteiger charge is 2.22. The minimum Gasteiger partial charge on any atom is -0.378 e. The molecule has 144 valence electrons. The number of hydrogen-bond acceptors (Lipinski definition) is 5. The molecule has 0 unspecified atom stereocenters. The molecule has 0 bridgehead atoms. The van der Waals surface area contributed by atoms with Gasteiger partial charge in [0.2, 0.25) is 11.8 Å². The van der Waals surface area contributed by atoms with Gasteiger partial charge in [0.15, 0.2) is 0 Å². The summed E-state index contributed by atoms with van der Waals surface area (Å²) < 4.78 is 5.41. The van der Waals surface area contributed by atoms with Crippen molar-refractivity contribution in [2.45, 2.75) is 6.92 Å². The van der Waals surface area contributed by atoms with Crippen LogP contribution in [0.15, 0.2) is 48.5 Å². The number of amides is 2. The molecule has 1 aliphatic heterocycles. The summed E-state index contributed by atoms with van der Waals surface area (Å²) >= 11 is 0. The van der Waals surface area contributed by atoms with Gasteiger partial charge in [-0.25, -0.2) is 0 Å². The molecule has 2 aromatic rings. The van der Waals surface area contributed by atoms with Gasteiger partial charge in [0, 0.05) is 25.7 Å². The van der Waals surface area contributed by atoms with Crippen LogP contribution in [-0.2, 0) is 14.3 Å². The van der Waals surface area contributed by atoms with E-state index in [0.29, 0.717) is 30.2 Å². The summed E-state index contributed by atoms with van der Waals surface area (Å²) in [4.78, 5) is 28.5. The molecule has 1 aliphatic rings. The number of rotatable bonds is 5. The SMILES string of the molecule is CC(=O)N(CC(=O)Nc1ccc(C#N)cc1)c1ccccc1N1CCOCC1. The van der Waals surface area contributed by atoms with Crippen molar-refractivity contribution >= 4 is 28.9 Å². The van der Waals surface area contributed by atoms with Crippen LogP contribution in [0.2, 0.25) is 0 Å². The van der Waals surface area contributed by atoms with Crippen molar-refractivity contribution in [3.63, 3.8) is 0 Å². The maximum absolute atomic E-state index is 12.5. The third kappa shape index (κ3) is 4.67. The van der Waals surface area contributed by atoms with Crippen LogP contribution >= 0.6 is 0 Å². The largest absolute Gasteiger partial charge is 0.378 e. The van der Waals surface area contributed by atoms with E-state index in [4.69, 9.17) is 10.00 Å². The number of nitriles is 1. The summed E-state index contributed by atoms with van der Waals surface area (Å²) in [5.41, 5.74) is 2.70. The van der Waals surface area contributed by atoms with Gasteiger partial charge >= 0.3 is 0 Å². The molecule has 1 heterocycles. The second kappa shape index (κ2) is 9.02. The standard InChI is InChI=1S/C21H22N4O3/c1-16(26)25(15-21(27)23-18-8-6-17(14-22)7-9-18)20-5-3-2-4-19(20)24-10-12-28-13-11-24/h2-9H,10-13,15H2,1H3,(H,23,27). The number of benzene rings is 2. The van der Waals surface area contributed by atoms with Crippen LogP contribution in [-0.4, -0.2) is 44.7 Å². The maximum atomic E-state index is 12.5. The van der Waals surface area contributed by atoms with Gasteiger partial charge < -0.3 is 19.9 Å².